The third kappa shape index (κ3) is 4.47. The number of esters is 1. The maximum atomic E-state index is 11.2. The highest BCUT2D eigenvalue weighted by Gasteiger charge is 1.97. The number of ether oxygens (including phenoxy) is 1. The summed E-state index contributed by atoms with van der Waals surface area (Å²) >= 11 is 0. The second-order valence-electron chi connectivity index (χ2n) is 3.30. The lowest BCUT2D eigenvalue weighted by atomic mass is 10.2. The molecule has 0 radical (unpaired) electrons. The van der Waals surface area contributed by atoms with E-state index in [0.29, 0.717) is 0 Å². The van der Waals surface area contributed by atoms with Gasteiger partial charge >= 0.3 is 5.97 Å². The van der Waals surface area contributed by atoms with E-state index >= 15 is 0 Å². The summed E-state index contributed by atoms with van der Waals surface area (Å²) in [5.41, 5.74) is 1.68. The quantitative estimate of drug-likeness (QED) is 0.439. The van der Waals surface area contributed by atoms with E-state index in [9.17, 15) is 4.79 Å². The monoisotopic (exact) mass is 214 g/mol. The molecule has 0 spiro atoms. The van der Waals surface area contributed by atoms with Crippen LogP contribution in [0.5, 0.6) is 0 Å². The minimum absolute atomic E-state index is 0.249. The first kappa shape index (κ1) is 12.1. The van der Waals surface area contributed by atoms with Gasteiger partial charge in [-0.2, -0.15) is 0 Å². The number of carbonyl (C=O) groups is 1. The van der Waals surface area contributed by atoms with Crippen LogP contribution in [0, 0.1) is 11.8 Å². The first-order valence-electron chi connectivity index (χ1n) is 5.13. The zero-order valence-electron chi connectivity index (χ0n) is 9.32. The van der Waals surface area contributed by atoms with Crippen LogP contribution < -0.4 is 0 Å². The van der Waals surface area contributed by atoms with Crippen molar-refractivity contribution in [3.05, 3.63) is 48.0 Å². The summed E-state index contributed by atoms with van der Waals surface area (Å²) in [5, 5.41) is 0. The van der Waals surface area contributed by atoms with Crippen LogP contribution >= 0.6 is 0 Å². The molecule has 2 heteroatoms. The van der Waals surface area contributed by atoms with E-state index in [1.54, 1.807) is 0 Å². The Kier molecular flexibility index (Phi) is 4.88. The van der Waals surface area contributed by atoms with E-state index in [1.807, 2.05) is 37.3 Å². The lowest BCUT2D eigenvalue weighted by Crippen LogP contribution is -2.04. The lowest BCUT2D eigenvalue weighted by molar-refractivity contribution is -0.135. The SMILES string of the molecule is C=C(CC)COC(=O)C#Cc1ccccc1. The molecular formula is C14H14O2. The molecule has 2 nitrogen and oxygen atoms in total. The van der Waals surface area contributed by atoms with E-state index in [-0.39, 0.29) is 6.61 Å². The van der Waals surface area contributed by atoms with Gasteiger partial charge in [-0.1, -0.05) is 37.6 Å². The van der Waals surface area contributed by atoms with Crippen LogP contribution in [-0.4, -0.2) is 12.6 Å². The molecular weight excluding hydrogens is 200 g/mol. The van der Waals surface area contributed by atoms with Gasteiger partial charge in [0.05, 0.1) is 0 Å². The standard InChI is InChI=1S/C14H14O2/c1-3-12(2)11-16-14(15)10-9-13-7-5-4-6-8-13/h4-8H,2-3,11H2,1H3. The van der Waals surface area contributed by atoms with Gasteiger partial charge in [0.2, 0.25) is 0 Å². The number of rotatable bonds is 3. The number of benzene rings is 1. The Bertz CT molecular complexity index is 421. The van der Waals surface area contributed by atoms with Crippen LogP contribution in [0.3, 0.4) is 0 Å². The van der Waals surface area contributed by atoms with Gasteiger partial charge in [-0.3, -0.25) is 0 Å². The minimum Gasteiger partial charge on any atom is -0.452 e. The van der Waals surface area contributed by atoms with Crippen LogP contribution in [0.1, 0.15) is 18.9 Å². The Labute approximate surface area is 95.9 Å². The van der Waals surface area contributed by atoms with Gasteiger partial charge in [0.25, 0.3) is 0 Å². The second-order valence-corrected chi connectivity index (χ2v) is 3.30. The Morgan fingerprint density at radius 3 is 2.69 bits per heavy atom. The number of hydrogen-bond acceptors (Lipinski definition) is 2. The molecule has 0 saturated heterocycles. The van der Waals surface area contributed by atoms with Gasteiger partial charge in [0.15, 0.2) is 0 Å². The van der Waals surface area contributed by atoms with E-state index in [1.165, 1.54) is 0 Å². The van der Waals surface area contributed by atoms with Gasteiger partial charge in [0.1, 0.15) is 6.61 Å². The molecule has 0 heterocycles. The molecule has 0 amide bonds. The largest absolute Gasteiger partial charge is 0.452 e. The third-order valence-corrected chi connectivity index (χ3v) is 1.99. The topological polar surface area (TPSA) is 26.3 Å². The summed E-state index contributed by atoms with van der Waals surface area (Å²) < 4.78 is 4.90. The fourth-order valence-electron chi connectivity index (χ4n) is 0.950. The minimum atomic E-state index is -0.515. The van der Waals surface area contributed by atoms with Crippen LogP contribution in [0.2, 0.25) is 0 Å². The predicted octanol–water partition coefficient (Wildman–Crippen LogP) is 2.55. The van der Waals surface area contributed by atoms with Crippen molar-refractivity contribution in [2.24, 2.45) is 0 Å². The molecule has 0 aliphatic carbocycles. The van der Waals surface area contributed by atoms with Crippen LogP contribution in [-0.2, 0) is 9.53 Å². The second kappa shape index (κ2) is 6.47. The average Bonchev–Trinajstić information content (AvgIpc) is 2.34. The van der Waals surface area contributed by atoms with Crippen LogP contribution in [0.15, 0.2) is 42.5 Å². The molecule has 1 aromatic rings. The van der Waals surface area contributed by atoms with Crippen LogP contribution in [0.4, 0.5) is 0 Å². The normalized spacial score (nSPS) is 8.81. The summed E-state index contributed by atoms with van der Waals surface area (Å²) in [6.07, 6.45) is 0.805. The molecule has 1 rings (SSSR count). The van der Waals surface area contributed by atoms with E-state index in [0.717, 1.165) is 17.6 Å². The van der Waals surface area contributed by atoms with Crippen molar-refractivity contribution in [2.75, 3.05) is 6.61 Å². The van der Waals surface area contributed by atoms with E-state index in [2.05, 4.69) is 18.4 Å². The molecule has 0 aromatic heterocycles. The van der Waals surface area contributed by atoms with Crippen molar-refractivity contribution in [3.8, 4) is 11.8 Å². The molecule has 0 N–H and O–H groups in total. The number of hydrogen-bond donors (Lipinski definition) is 0. The van der Waals surface area contributed by atoms with Crippen molar-refractivity contribution in [1.82, 2.24) is 0 Å². The van der Waals surface area contributed by atoms with Crippen molar-refractivity contribution in [3.63, 3.8) is 0 Å². The van der Waals surface area contributed by atoms with Gasteiger partial charge in [-0.05, 0) is 24.1 Å². The fourth-order valence-corrected chi connectivity index (χ4v) is 0.950. The summed E-state index contributed by atoms with van der Waals surface area (Å²) in [6, 6.07) is 9.31. The Morgan fingerprint density at radius 1 is 1.38 bits per heavy atom. The maximum absolute atomic E-state index is 11.2. The summed E-state index contributed by atoms with van der Waals surface area (Å²) in [7, 11) is 0. The molecule has 0 bridgehead atoms. The maximum Gasteiger partial charge on any atom is 0.385 e. The molecule has 0 aliphatic rings. The summed E-state index contributed by atoms with van der Waals surface area (Å²) in [5.74, 6) is 4.64. The first-order valence-corrected chi connectivity index (χ1v) is 5.13. The van der Waals surface area contributed by atoms with Gasteiger partial charge in [-0.25, -0.2) is 4.79 Å². The Balaban J connectivity index is 2.46. The van der Waals surface area contributed by atoms with Gasteiger partial charge in [0, 0.05) is 11.5 Å². The predicted molar refractivity (Wildman–Crippen MR) is 63.7 cm³/mol. The Morgan fingerprint density at radius 2 is 2.06 bits per heavy atom. The molecule has 16 heavy (non-hydrogen) atoms. The van der Waals surface area contributed by atoms with E-state index in [4.69, 9.17) is 4.74 Å². The lowest BCUT2D eigenvalue weighted by Gasteiger charge is -2.00. The molecule has 0 unspecified atom stereocenters. The van der Waals surface area contributed by atoms with Gasteiger partial charge < -0.3 is 4.74 Å². The number of carbonyl (C=O) groups excluding carboxylic acids is 1. The highest BCUT2D eigenvalue weighted by molar-refractivity contribution is 5.89. The molecule has 1 aromatic carbocycles. The molecule has 82 valence electrons. The smallest absolute Gasteiger partial charge is 0.385 e. The van der Waals surface area contributed by atoms with Crippen molar-refractivity contribution in [2.45, 2.75) is 13.3 Å². The Hall–Kier alpha value is -2.01. The highest BCUT2D eigenvalue weighted by atomic mass is 16.5. The highest BCUT2D eigenvalue weighted by Crippen LogP contribution is 1.97. The molecule has 0 atom stereocenters. The van der Waals surface area contributed by atoms with Crippen molar-refractivity contribution in [1.29, 1.82) is 0 Å². The van der Waals surface area contributed by atoms with Crippen molar-refractivity contribution < 1.29 is 9.53 Å². The van der Waals surface area contributed by atoms with E-state index < -0.39 is 5.97 Å². The first-order chi connectivity index (χ1) is 7.72. The fraction of sp³-hybridized carbons (Fsp3) is 0.214. The molecule has 0 aliphatic heterocycles. The molecule has 0 saturated carbocycles. The molecule has 0 fully saturated rings. The van der Waals surface area contributed by atoms with Crippen molar-refractivity contribution >= 4 is 5.97 Å². The zero-order valence-corrected chi connectivity index (χ0v) is 9.32. The zero-order chi connectivity index (χ0) is 11.8. The average molecular weight is 214 g/mol. The summed E-state index contributed by atoms with van der Waals surface area (Å²) in [4.78, 5) is 11.2. The third-order valence-electron chi connectivity index (χ3n) is 1.99. The summed E-state index contributed by atoms with van der Waals surface area (Å²) in [6.45, 7) is 5.95. The van der Waals surface area contributed by atoms with Crippen LogP contribution in [0.25, 0.3) is 0 Å². The van der Waals surface area contributed by atoms with Gasteiger partial charge in [-0.15, -0.1) is 0 Å².